The van der Waals surface area contributed by atoms with Crippen molar-refractivity contribution < 1.29 is 4.52 Å². The van der Waals surface area contributed by atoms with Gasteiger partial charge in [0.25, 0.3) is 0 Å². The van der Waals surface area contributed by atoms with Gasteiger partial charge in [0.2, 0.25) is 0 Å². The molecular weight excluding hydrogens is 293 g/mol. The van der Waals surface area contributed by atoms with Gasteiger partial charge in [-0.1, -0.05) is 60.4 Å². The van der Waals surface area contributed by atoms with Gasteiger partial charge in [0, 0.05) is 17.0 Å². The molecule has 1 heterocycles. The molecule has 2 aromatic rings. The van der Waals surface area contributed by atoms with Crippen molar-refractivity contribution in [2.75, 3.05) is 0 Å². The van der Waals surface area contributed by atoms with Crippen LogP contribution in [0.2, 0.25) is 10.0 Å². The van der Waals surface area contributed by atoms with Crippen LogP contribution in [0.3, 0.4) is 0 Å². The van der Waals surface area contributed by atoms with E-state index in [1.54, 1.807) is 0 Å². The summed E-state index contributed by atoms with van der Waals surface area (Å²) in [6, 6.07) is 5.45. The molecule has 0 fully saturated rings. The normalized spacial score (nSPS) is 11.7. The molecule has 1 aromatic heterocycles. The molecule has 0 atom stereocenters. The largest absolute Gasteiger partial charge is 0.360 e. The van der Waals surface area contributed by atoms with Gasteiger partial charge in [0.15, 0.2) is 0 Å². The summed E-state index contributed by atoms with van der Waals surface area (Å²) >= 11 is 12.5. The molecule has 0 saturated heterocycles. The maximum Gasteiger partial charge on any atom is 0.143 e. The zero-order valence-corrected chi connectivity index (χ0v) is 13.3. The molecule has 0 amide bonds. The van der Waals surface area contributed by atoms with E-state index in [1.807, 2.05) is 31.2 Å². The summed E-state index contributed by atoms with van der Waals surface area (Å²) in [6.07, 6.45) is 4.84. The van der Waals surface area contributed by atoms with E-state index in [-0.39, 0.29) is 5.92 Å². The first-order valence-corrected chi connectivity index (χ1v) is 7.35. The van der Waals surface area contributed by atoms with Crippen molar-refractivity contribution in [1.82, 2.24) is 5.16 Å². The molecule has 0 radical (unpaired) electrons. The standard InChI is InChI=1S/C16H17Cl2NO/c1-4-5-7-11-15(19-20-16(11)10(2)3)14-12(17)8-6-9-13(14)18/h4-6,8-10H,7H2,1-3H3/b5-4+. The van der Waals surface area contributed by atoms with Crippen LogP contribution in [-0.2, 0) is 6.42 Å². The Kier molecular flexibility index (Phi) is 4.90. The Morgan fingerprint density at radius 3 is 2.45 bits per heavy atom. The lowest BCUT2D eigenvalue weighted by atomic mass is 9.98. The van der Waals surface area contributed by atoms with E-state index >= 15 is 0 Å². The molecule has 20 heavy (non-hydrogen) atoms. The van der Waals surface area contributed by atoms with E-state index in [1.165, 1.54) is 0 Å². The summed E-state index contributed by atoms with van der Waals surface area (Å²) in [5, 5.41) is 5.38. The summed E-state index contributed by atoms with van der Waals surface area (Å²) in [4.78, 5) is 0. The first kappa shape index (κ1) is 15.1. The van der Waals surface area contributed by atoms with Crippen LogP contribution in [0.15, 0.2) is 34.9 Å². The Bertz CT molecular complexity index is 609. The zero-order valence-electron chi connectivity index (χ0n) is 11.8. The number of aromatic nitrogens is 1. The third-order valence-electron chi connectivity index (χ3n) is 3.10. The molecule has 0 saturated carbocycles. The van der Waals surface area contributed by atoms with Gasteiger partial charge < -0.3 is 4.52 Å². The van der Waals surface area contributed by atoms with Crippen molar-refractivity contribution in [3.8, 4) is 11.3 Å². The van der Waals surface area contributed by atoms with Gasteiger partial charge in [0.1, 0.15) is 11.5 Å². The number of benzene rings is 1. The second kappa shape index (κ2) is 6.47. The van der Waals surface area contributed by atoms with Gasteiger partial charge in [-0.15, -0.1) is 0 Å². The van der Waals surface area contributed by atoms with Crippen molar-refractivity contribution >= 4 is 23.2 Å². The lowest BCUT2D eigenvalue weighted by molar-refractivity contribution is 0.371. The minimum atomic E-state index is 0.262. The van der Waals surface area contributed by atoms with Crippen LogP contribution in [0.1, 0.15) is 38.0 Å². The van der Waals surface area contributed by atoms with Crippen molar-refractivity contribution in [3.05, 3.63) is 51.7 Å². The Hall–Kier alpha value is -1.25. The molecule has 2 rings (SSSR count). The molecule has 106 valence electrons. The van der Waals surface area contributed by atoms with Crippen LogP contribution in [-0.4, -0.2) is 5.16 Å². The average Bonchev–Trinajstić information content (AvgIpc) is 2.80. The number of rotatable bonds is 4. The van der Waals surface area contributed by atoms with Crippen LogP contribution in [0.5, 0.6) is 0 Å². The second-order valence-electron chi connectivity index (χ2n) is 4.90. The van der Waals surface area contributed by atoms with E-state index in [0.717, 1.165) is 29.0 Å². The fourth-order valence-corrected chi connectivity index (χ4v) is 2.71. The molecule has 0 aliphatic rings. The first-order valence-electron chi connectivity index (χ1n) is 6.60. The Morgan fingerprint density at radius 2 is 1.90 bits per heavy atom. The molecule has 0 aliphatic heterocycles. The SMILES string of the molecule is C/C=C/Cc1c(-c2c(Cl)cccc2Cl)noc1C(C)C. The first-order chi connectivity index (χ1) is 9.56. The summed E-state index contributed by atoms with van der Waals surface area (Å²) in [5.41, 5.74) is 2.53. The van der Waals surface area contributed by atoms with Crippen molar-refractivity contribution in [2.45, 2.75) is 33.1 Å². The summed E-state index contributed by atoms with van der Waals surface area (Å²) in [6.45, 7) is 6.15. The van der Waals surface area contributed by atoms with Gasteiger partial charge in [-0.25, -0.2) is 0 Å². The van der Waals surface area contributed by atoms with Crippen LogP contribution < -0.4 is 0 Å². The fraction of sp³-hybridized carbons (Fsp3) is 0.312. The van der Waals surface area contributed by atoms with Gasteiger partial charge in [-0.2, -0.15) is 0 Å². The third kappa shape index (κ3) is 2.92. The maximum absolute atomic E-state index is 6.27. The van der Waals surface area contributed by atoms with Crippen LogP contribution >= 0.6 is 23.2 Å². The summed E-state index contributed by atoms with van der Waals surface area (Å²) in [7, 11) is 0. The van der Waals surface area contributed by atoms with E-state index in [9.17, 15) is 0 Å². The summed E-state index contributed by atoms with van der Waals surface area (Å²) in [5.74, 6) is 1.15. The molecule has 0 N–H and O–H groups in total. The molecule has 0 bridgehead atoms. The second-order valence-corrected chi connectivity index (χ2v) is 5.71. The van der Waals surface area contributed by atoms with Crippen molar-refractivity contribution in [2.24, 2.45) is 0 Å². The van der Waals surface area contributed by atoms with E-state index in [0.29, 0.717) is 10.0 Å². The van der Waals surface area contributed by atoms with Gasteiger partial charge in [-0.05, 0) is 25.5 Å². The van der Waals surface area contributed by atoms with E-state index in [2.05, 4.69) is 25.1 Å². The van der Waals surface area contributed by atoms with E-state index < -0.39 is 0 Å². The van der Waals surface area contributed by atoms with Gasteiger partial charge in [-0.3, -0.25) is 0 Å². The smallest absolute Gasteiger partial charge is 0.143 e. The quantitative estimate of drug-likeness (QED) is 0.658. The topological polar surface area (TPSA) is 26.0 Å². The number of nitrogens with zero attached hydrogens (tertiary/aromatic N) is 1. The maximum atomic E-state index is 6.27. The fourth-order valence-electron chi connectivity index (χ4n) is 2.13. The molecule has 1 aromatic carbocycles. The third-order valence-corrected chi connectivity index (χ3v) is 3.73. The predicted octanol–water partition coefficient (Wildman–Crippen LogP) is 5.89. The minimum absolute atomic E-state index is 0.262. The zero-order chi connectivity index (χ0) is 14.7. The lowest BCUT2D eigenvalue weighted by Gasteiger charge is -2.07. The molecular formula is C16H17Cl2NO. The predicted molar refractivity (Wildman–Crippen MR) is 84.6 cm³/mol. The average molecular weight is 310 g/mol. The minimum Gasteiger partial charge on any atom is -0.360 e. The van der Waals surface area contributed by atoms with Crippen LogP contribution in [0.25, 0.3) is 11.3 Å². The highest BCUT2D eigenvalue weighted by Gasteiger charge is 2.22. The Balaban J connectivity index is 2.62. The highest BCUT2D eigenvalue weighted by molar-refractivity contribution is 6.39. The molecule has 0 aliphatic carbocycles. The van der Waals surface area contributed by atoms with Crippen molar-refractivity contribution in [3.63, 3.8) is 0 Å². The lowest BCUT2D eigenvalue weighted by Crippen LogP contribution is -1.94. The number of allylic oxidation sites excluding steroid dienone is 2. The summed E-state index contributed by atoms with van der Waals surface area (Å²) < 4.78 is 5.52. The Morgan fingerprint density at radius 1 is 1.25 bits per heavy atom. The van der Waals surface area contributed by atoms with Crippen LogP contribution in [0, 0.1) is 0 Å². The van der Waals surface area contributed by atoms with Crippen molar-refractivity contribution in [1.29, 1.82) is 0 Å². The molecule has 0 spiro atoms. The molecule has 4 heteroatoms. The molecule has 2 nitrogen and oxygen atoms in total. The number of hydrogen-bond acceptors (Lipinski definition) is 2. The Labute approximate surface area is 129 Å². The monoisotopic (exact) mass is 309 g/mol. The molecule has 0 unspecified atom stereocenters. The highest BCUT2D eigenvalue weighted by atomic mass is 35.5. The van der Waals surface area contributed by atoms with Gasteiger partial charge in [0.05, 0.1) is 10.0 Å². The number of hydrogen-bond donors (Lipinski definition) is 0. The number of halogens is 2. The van der Waals surface area contributed by atoms with E-state index in [4.69, 9.17) is 27.7 Å². The highest BCUT2D eigenvalue weighted by Crippen LogP contribution is 2.38. The van der Waals surface area contributed by atoms with Gasteiger partial charge >= 0.3 is 0 Å². The van der Waals surface area contributed by atoms with Crippen LogP contribution in [0.4, 0.5) is 0 Å².